The van der Waals surface area contributed by atoms with E-state index in [2.05, 4.69) is 0 Å². The summed E-state index contributed by atoms with van der Waals surface area (Å²) in [5.74, 6) is 0.476. The quantitative estimate of drug-likeness (QED) is 0.850. The van der Waals surface area contributed by atoms with Crippen molar-refractivity contribution in [1.82, 2.24) is 0 Å². The molecule has 0 radical (unpaired) electrons. The molecule has 0 unspecified atom stereocenters. The van der Waals surface area contributed by atoms with Crippen LogP contribution in [0.5, 0.6) is 11.5 Å². The Balaban J connectivity index is 2.10. The minimum absolute atomic E-state index is 0.0528. The predicted molar refractivity (Wildman–Crippen MR) is 95.5 cm³/mol. The molecule has 0 amide bonds. The van der Waals surface area contributed by atoms with Crippen LogP contribution in [0.1, 0.15) is 23.5 Å². The Kier molecular flexibility index (Phi) is 4.44. The smallest absolute Gasteiger partial charge is 0.169 e. The highest BCUT2D eigenvalue weighted by molar-refractivity contribution is 7.97. The molecule has 3 nitrogen and oxygen atoms in total. The molecule has 0 atom stereocenters. The van der Waals surface area contributed by atoms with E-state index in [1.165, 1.54) is 10.9 Å². The Morgan fingerprint density at radius 1 is 0.826 bits per heavy atom. The second-order valence-electron chi connectivity index (χ2n) is 5.36. The van der Waals surface area contributed by atoms with E-state index in [0.29, 0.717) is 6.42 Å². The summed E-state index contributed by atoms with van der Waals surface area (Å²) in [4.78, 5) is 11.6. The van der Waals surface area contributed by atoms with Crippen molar-refractivity contribution in [2.75, 3.05) is 0 Å². The molecule has 0 aromatic heterocycles. The molecule has 4 heteroatoms. The molecule has 0 fully saturated rings. The maximum atomic E-state index is 11.6. The van der Waals surface area contributed by atoms with E-state index in [1.807, 2.05) is 35.7 Å². The predicted octanol–water partition coefficient (Wildman–Crippen LogP) is 3.47. The first-order valence-electron chi connectivity index (χ1n) is 7.26. The number of carbonyl (C=O) groups is 1. The molecule has 2 aromatic rings. The molecule has 0 aliphatic carbocycles. The van der Waals surface area contributed by atoms with Crippen molar-refractivity contribution < 1.29 is 15.0 Å². The average Bonchev–Trinajstić information content (AvgIpc) is 2.76. The van der Waals surface area contributed by atoms with Gasteiger partial charge in [-0.3, -0.25) is 4.79 Å². The fourth-order valence-corrected chi connectivity index (χ4v) is 3.31. The highest BCUT2D eigenvalue weighted by Gasteiger charge is 2.19. The molecular formula is C19H16O3S. The summed E-state index contributed by atoms with van der Waals surface area (Å²) in [5, 5.41) is 22.7. The molecule has 0 spiro atoms. The van der Waals surface area contributed by atoms with Crippen molar-refractivity contribution in [2.24, 2.45) is 0 Å². The van der Waals surface area contributed by atoms with Crippen LogP contribution in [0.2, 0.25) is 0 Å². The zero-order valence-electron chi connectivity index (χ0n) is 12.3. The molecular weight excluding hydrogens is 308 g/mol. The van der Waals surface area contributed by atoms with Gasteiger partial charge in [0, 0.05) is 17.7 Å². The molecule has 2 aromatic carbocycles. The van der Waals surface area contributed by atoms with Gasteiger partial charge in [0.1, 0.15) is 11.5 Å². The lowest BCUT2D eigenvalue weighted by molar-refractivity contribution is -0.111. The number of aromatic hydroxyl groups is 2. The van der Waals surface area contributed by atoms with Gasteiger partial charge in [-0.2, -0.15) is 0 Å². The van der Waals surface area contributed by atoms with Crippen molar-refractivity contribution >= 4 is 27.5 Å². The van der Waals surface area contributed by atoms with E-state index in [0.717, 1.165) is 16.7 Å². The largest absolute Gasteiger partial charge is 0.508 e. The van der Waals surface area contributed by atoms with E-state index in [4.69, 9.17) is 0 Å². The van der Waals surface area contributed by atoms with Gasteiger partial charge in [0.05, 0.1) is 0 Å². The van der Waals surface area contributed by atoms with Crippen LogP contribution >= 0.6 is 10.9 Å². The molecule has 0 saturated heterocycles. The van der Waals surface area contributed by atoms with Crippen molar-refractivity contribution in [3.05, 3.63) is 71.3 Å². The number of ketones is 1. The topological polar surface area (TPSA) is 57.5 Å². The molecule has 116 valence electrons. The van der Waals surface area contributed by atoms with Gasteiger partial charge in [-0.25, -0.2) is 0 Å². The van der Waals surface area contributed by atoms with Crippen LogP contribution in [0.15, 0.2) is 60.2 Å². The van der Waals surface area contributed by atoms with Gasteiger partial charge in [-0.05, 0) is 46.3 Å². The summed E-state index contributed by atoms with van der Waals surface area (Å²) in [7, 11) is 1.39. The van der Waals surface area contributed by atoms with Crippen LogP contribution in [0.25, 0.3) is 0 Å². The van der Waals surface area contributed by atoms with Crippen molar-refractivity contribution in [1.29, 1.82) is 0 Å². The Morgan fingerprint density at radius 3 is 1.87 bits per heavy atom. The zero-order valence-corrected chi connectivity index (χ0v) is 13.2. The third-order valence-electron chi connectivity index (χ3n) is 3.73. The van der Waals surface area contributed by atoms with Gasteiger partial charge in [0.25, 0.3) is 0 Å². The Labute approximate surface area is 138 Å². The van der Waals surface area contributed by atoms with Gasteiger partial charge in [-0.1, -0.05) is 30.3 Å². The van der Waals surface area contributed by atoms with Crippen LogP contribution in [-0.2, 0) is 4.79 Å². The molecule has 0 bridgehead atoms. The highest BCUT2D eigenvalue weighted by atomic mass is 32.1. The molecule has 2 N–H and O–H groups in total. The third-order valence-corrected chi connectivity index (χ3v) is 4.54. The maximum absolute atomic E-state index is 11.6. The van der Waals surface area contributed by atoms with E-state index in [1.54, 1.807) is 29.6 Å². The highest BCUT2D eigenvalue weighted by Crippen LogP contribution is 2.33. The number of hydrogen-bond donors (Lipinski definition) is 2. The zero-order chi connectivity index (χ0) is 16.2. The van der Waals surface area contributed by atoms with E-state index < -0.39 is 0 Å². The maximum Gasteiger partial charge on any atom is 0.169 e. The van der Waals surface area contributed by atoms with Crippen LogP contribution in [-0.4, -0.2) is 26.7 Å². The number of phenols is 2. The molecule has 0 saturated carbocycles. The fraction of sp³-hybridized carbons (Fsp3) is 0.105. The summed E-state index contributed by atoms with van der Waals surface area (Å²) in [6, 6.07) is 14.1. The van der Waals surface area contributed by atoms with E-state index >= 15 is 0 Å². The Morgan fingerprint density at radius 2 is 1.35 bits per heavy atom. The van der Waals surface area contributed by atoms with Crippen molar-refractivity contribution in [3.63, 3.8) is 0 Å². The summed E-state index contributed by atoms with van der Waals surface area (Å²) in [5.41, 5.74) is 3.07. The van der Waals surface area contributed by atoms with Gasteiger partial charge < -0.3 is 10.2 Å². The van der Waals surface area contributed by atoms with Crippen LogP contribution < -0.4 is 0 Å². The van der Waals surface area contributed by atoms with Gasteiger partial charge >= 0.3 is 0 Å². The Hall–Kier alpha value is -2.59. The van der Waals surface area contributed by atoms with Crippen LogP contribution in [0, 0.1) is 0 Å². The molecule has 23 heavy (non-hydrogen) atoms. The minimum Gasteiger partial charge on any atom is -0.508 e. The lowest BCUT2D eigenvalue weighted by atomic mass is 9.85. The molecule has 1 aliphatic heterocycles. The third kappa shape index (κ3) is 3.60. The summed E-state index contributed by atoms with van der Waals surface area (Å²) in [6.07, 6.45) is 2.33. The van der Waals surface area contributed by atoms with E-state index in [-0.39, 0.29) is 23.2 Å². The van der Waals surface area contributed by atoms with Crippen molar-refractivity contribution in [3.8, 4) is 11.5 Å². The normalized spacial score (nSPS) is 14.3. The number of rotatable bonds is 3. The van der Waals surface area contributed by atoms with Gasteiger partial charge in [0.15, 0.2) is 5.78 Å². The SMILES string of the molecule is O=C1C=S=CC(C(c2ccc(O)cc2)c2ccc(O)cc2)=CC1. The molecule has 3 rings (SSSR count). The number of allylic oxidation sites excluding steroid dienone is 2. The van der Waals surface area contributed by atoms with Gasteiger partial charge in [-0.15, -0.1) is 10.9 Å². The molecule has 1 heterocycles. The first-order chi connectivity index (χ1) is 11.1. The van der Waals surface area contributed by atoms with Gasteiger partial charge in [0.2, 0.25) is 0 Å². The number of hydrogen-bond acceptors (Lipinski definition) is 3. The Bertz CT molecular complexity index is 765. The summed E-state index contributed by atoms with van der Waals surface area (Å²) >= 11 is 0. The van der Waals surface area contributed by atoms with Crippen LogP contribution in [0.4, 0.5) is 0 Å². The molecule has 1 aliphatic rings. The first kappa shape index (κ1) is 15.3. The second-order valence-corrected chi connectivity index (χ2v) is 6.11. The first-order valence-corrected chi connectivity index (χ1v) is 8.20. The van der Waals surface area contributed by atoms with Crippen LogP contribution in [0.3, 0.4) is 0 Å². The van der Waals surface area contributed by atoms with E-state index in [9.17, 15) is 15.0 Å². The number of benzene rings is 2. The van der Waals surface area contributed by atoms with Crippen molar-refractivity contribution in [2.45, 2.75) is 12.3 Å². The number of Topliss-reactive ketones (excluding diaryl/α,β-unsaturated/α-hetero) is 1. The number of carbonyl (C=O) groups excluding carboxylic acids is 1. The lowest BCUT2D eigenvalue weighted by Crippen LogP contribution is -2.06. The number of phenolic OH excluding ortho intramolecular Hbond substituents is 2. The average molecular weight is 324 g/mol. The lowest BCUT2D eigenvalue weighted by Gasteiger charge is -2.19. The fourth-order valence-electron chi connectivity index (χ4n) is 2.60. The second kappa shape index (κ2) is 6.67. The minimum atomic E-state index is -0.0528. The standard InChI is InChI=1S/C19H16O3S/c20-16-6-1-13(2-7-16)19(14-3-8-17(21)9-4-14)15-5-10-18(22)12-23-11-15/h1-9,11-12,19-21H,10H2. The summed E-state index contributed by atoms with van der Waals surface area (Å²) < 4.78 is 0. The summed E-state index contributed by atoms with van der Waals surface area (Å²) in [6.45, 7) is 0. The monoisotopic (exact) mass is 324 g/mol.